The van der Waals surface area contributed by atoms with Crippen LogP contribution >= 0.6 is 0 Å². The summed E-state index contributed by atoms with van der Waals surface area (Å²) < 4.78 is 4.96. The molecule has 2 saturated heterocycles. The lowest BCUT2D eigenvalue weighted by Crippen LogP contribution is -2.49. The second kappa shape index (κ2) is 7.29. The fraction of sp³-hybridized carbons (Fsp3) is 0.611. The van der Waals surface area contributed by atoms with Crippen molar-refractivity contribution in [3.8, 4) is 0 Å². The second-order valence-electron chi connectivity index (χ2n) is 7.00. The molecule has 1 atom stereocenters. The van der Waals surface area contributed by atoms with Crippen LogP contribution in [-0.2, 0) is 9.59 Å². The zero-order chi connectivity index (χ0) is 18.0. The molecule has 7 heteroatoms. The molecule has 1 aromatic heterocycles. The Hall–Kier alpha value is -2.31. The fourth-order valence-electron chi connectivity index (χ4n) is 3.72. The van der Waals surface area contributed by atoms with E-state index in [1.165, 1.54) is 12.5 Å². The summed E-state index contributed by atoms with van der Waals surface area (Å²) >= 11 is 0. The van der Waals surface area contributed by atoms with Crippen LogP contribution in [0.4, 0.5) is 0 Å². The molecule has 25 heavy (non-hydrogen) atoms. The molecule has 136 valence electrons. The Balaban J connectivity index is 1.58. The minimum Gasteiger partial charge on any atom is -0.472 e. The van der Waals surface area contributed by atoms with Gasteiger partial charge in [-0.05, 0) is 31.7 Å². The van der Waals surface area contributed by atoms with Crippen molar-refractivity contribution in [2.45, 2.75) is 31.7 Å². The number of likely N-dealkylation sites (N-methyl/N-ethyl adjacent to an activating group) is 1. The first-order valence-electron chi connectivity index (χ1n) is 8.82. The van der Waals surface area contributed by atoms with Gasteiger partial charge >= 0.3 is 0 Å². The Morgan fingerprint density at radius 2 is 1.84 bits per heavy atom. The molecule has 2 aliphatic rings. The summed E-state index contributed by atoms with van der Waals surface area (Å²) in [7, 11) is 3.45. The van der Waals surface area contributed by atoms with E-state index in [9.17, 15) is 14.4 Å². The first-order chi connectivity index (χ1) is 12.0. The maximum absolute atomic E-state index is 12.9. The second-order valence-corrected chi connectivity index (χ2v) is 7.00. The average Bonchev–Trinajstić information content (AvgIpc) is 3.31. The van der Waals surface area contributed by atoms with Crippen LogP contribution in [0, 0.1) is 5.92 Å². The largest absolute Gasteiger partial charge is 0.472 e. The molecule has 3 amide bonds. The minimum absolute atomic E-state index is 0.00146. The SMILES string of the molecule is CN(C)C(=O)C1CCCN1C(=O)C1CCN(C(=O)c2ccoc2)CC1. The topological polar surface area (TPSA) is 74.1 Å². The molecule has 0 radical (unpaired) electrons. The Bertz CT molecular complexity index is 633. The van der Waals surface area contributed by atoms with Gasteiger partial charge in [0.2, 0.25) is 11.8 Å². The van der Waals surface area contributed by atoms with Crippen LogP contribution in [0.1, 0.15) is 36.0 Å². The minimum atomic E-state index is -0.326. The van der Waals surface area contributed by atoms with Gasteiger partial charge in [0.15, 0.2) is 0 Å². The highest BCUT2D eigenvalue weighted by Gasteiger charge is 2.39. The number of carbonyl (C=O) groups is 3. The third-order valence-electron chi connectivity index (χ3n) is 5.16. The number of piperidine rings is 1. The number of likely N-dealkylation sites (tertiary alicyclic amines) is 2. The molecule has 1 unspecified atom stereocenters. The van der Waals surface area contributed by atoms with Crippen molar-refractivity contribution in [2.24, 2.45) is 5.92 Å². The highest BCUT2D eigenvalue weighted by atomic mass is 16.3. The maximum Gasteiger partial charge on any atom is 0.257 e. The Morgan fingerprint density at radius 1 is 1.12 bits per heavy atom. The van der Waals surface area contributed by atoms with Crippen molar-refractivity contribution < 1.29 is 18.8 Å². The molecule has 0 spiro atoms. The average molecular weight is 347 g/mol. The third kappa shape index (κ3) is 3.55. The van der Waals surface area contributed by atoms with E-state index in [1.54, 1.807) is 34.9 Å². The molecule has 0 saturated carbocycles. The number of rotatable bonds is 3. The first-order valence-corrected chi connectivity index (χ1v) is 8.82. The molecule has 0 aromatic carbocycles. The maximum atomic E-state index is 12.9. The van der Waals surface area contributed by atoms with Gasteiger partial charge in [0, 0.05) is 39.6 Å². The van der Waals surface area contributed by atoms with Crippen LogP contribution in [-0.4, -0.2) is 72.2 Å². The number of hydrogen-bond acceptors (Lipinski definition) is 4. The summed E-state index contributed by atoms with van der Waals surface area (Å²) in [6.07, 6.45) is 5.82. The summed E-state index contributed by atoms with van der Waals surface area (Å²) in [4.78, 5) is 42.6. The molecule has 3 rings (SSSR count). The van der Waals surface area contributed by atoms with E-state index in [0.29, 0.717) is 38.0 Å². The highest BCUT2D eigenvalue weighted by molar-refractivity contribution is 5.94. The highest BCUT2D eigenvalue weighted by Crippen LogP contribution is 2.26. The van der Waals surface area contributed by atoms with Crippen molar-refractivity contribution in [3.05, 3.63) is 24.2 Å². The van der Waals surface area contributed by atoms with Gasteiger partial charge in [-0.15, -0.1) is 0 Å². The van der Waals surface area contributed by atoms with E-state index in [0.717, 1.165) is 12.8 Å². The standard InChI is InChI=1S/C18H25N3O4/c1-19(2)18(24)15-4-3-8-21(15)17(23)13-5-9-20(10-6-13)16(22)14-7-11-25-12-14/h7,11-13,15H,3-6,8-10H2,1-2H3. The number of nitrogens with zero attached hydrogens (tertiary/aromatic N) is 3. The quantitative estimate of drug-likeness (QED) is 0.824. The summed E-state index contributed by atoms with van der Waals surface area (Å²) in [5, 5.41) is 0. The zero-order valence-electron chi connectivity index (χ0n) is 14.8. The van der Waals surface area contributed by atoms with Gasteiger partial charge in [-0.1, -0.05) is 0 Å². The molecule has 0 N–H and O–H groups in total. The van der Waals surface area contributed by atoms with E-state index >= 15 is 0 Å². The smallest absolute Gasteiger partial charge is 0.257 e. The van der Waals surface area contributed by atoms with Crippen molar-refractivity contribution in [2.75, 3.05) is 33.7 Å². The molecule has 7 nitrogen and oxygen atoms in total. The number of furan rings is 1. The Kier molecular flexibility index (Phi) is 5.11. The van der Waals surface area contributed by atoms with Gasteiger partial charge in [0.05, 0.1) is 11.8 Å². The number of amides is 3. The lowest BCUT2D eigenvalue weighted by molar-refractivity contribution is -0.145. The predicted molar refractivity (Wildman–Crippen MR) is 90.8 cm³/mol. The van der Waals surface area contributed by atoms with E-state index in [4.69, 9.17) is 4.42 Å². The van der Waals surface area contributed by atoms with Crippen LogP contribution in [0.15, 0.2) is 23.0 Å². The van der Waals surface area contributed by atoms with Crippen molar-refractivity contribution in [3.63, 3.8) is 0 Å². The lowest BCUT2D eigenvalue weighted by Gasteiger charge is -2.35. The van der Waals surface area contributed by atoms with Gasteiger partial charge in [0.25, 0.3) is 5.91 Å². The van der Waals surface area contributed by atoms with E-state index in [1.807, 2.05) is 0 Å². The van der Waals surface area contributed by atoms with Gasteiger partial charge < -0.3 is 19.1 Å². The van der Waals surface area contributed by atoms with Crippen LogP contribution in [0.25, 0.3) is 0 Å². The van der Waals surface area contributed by atoms with Crippen molar-refractivity contribution >= 4 is 17.7 Å². The first kappa shape index (κ1) is 17.5. The van der Waals surface area contributed by atoms with Gasteiger partial charge in [-0.3, -0.25) is 14.4 Å². The van der Waals surface area contributed by atoms with E-state index in [-0.39, 0.29) is 29.7 Å². The van der Waals surface area contributed by atoms with E-state index in [2.05, 4.69) is 0 Å². The lowest BCUT2D eigenvalue weighted by atomic mass is 9.94. The summed E-state index contributed by atoms with van der Waals surface area (Å²) in [5.74, 6) is -0.100. The van der Waals surface area contributed by atoms with Crippen LogP contribution < -0.4 is 0 Å². The summed E-state index contributed by atoms with van der Waals surface area (Å²) in [5.41, 5.74) is 0.543. The van der Waals surface area contributed by atoms with Crippen molar-refractivity contribution in [1.29, 1.82) is 0 Å². The number of hydrogen-bond donors (Lipinski definition) is 0. The monoisotopic (exact) mass is 347 g/mol. The van der Waals surface area contributed by atoms with Crippen LogP contribution in [0.2, 0.25) is 0 Å². The molecule has 0 bridgehead atoms. The molecular weight excluding hydrogens is 322 g/mol. The molecule has 0 aliphatic carbocycles. The van der Waals surface area contributed by atoms with Crippen LogP contribution in [0.3, 0.4) is 0 Å². The van der Waals surface area contributed by atoms with Gasteiger partial charge in [0.1, 0.15) is 12.3 Å². The third-order valence-corrected chi connectivity index (χ3v) is 5.16. The fourth-order valence-corrected chi connectivity index (χ4v) is 3.72. The summed E-state index contributed by atoms with van der Waals surface area (Å²) in [6, 6.07) is 1.33. The summed E-state index contributed by atoms with van der Waals surface area (Å²) in [6.45, 7) is 1.76. The van der Waals surface area contributed by atoms with Crippen LogP contribution in [0.5, 0.6) is 0 Å². The molecule has 2 aliphatic heterocycles. The Morgan fingerprint density at radius 3 is 2.44 bits per heavy atom. The zero-order valence-corrected chi connectivity index (χ0v) is 14.8. The molecule has 2 fully saturated rings. The van der Waals surface area contributed by atoms with Crippen molar-refractivity contribution in [1.82, 2.24) is 14.7 Å². The molecule has 1 aromatic rings. The molecular formula is C18H25N3O4. The normalized spacial score (nSPS) is 21.4. The predicted octanol–water partition coefficient (Wildman–Crippen LogP) is 1.21. The Labute approximate surface area is 147 Å². The van der Waals surface area contributed by atoms with E-state index < -0.39 is 0 Å². The molecule has 3 heterocycles. The van der Waals surface area contributed by atoms with Gasteiger partial charge in [-0.25, -0.2) is 0 Å². The van der Waals surface area contributed by atoms with Gasteiger partial charge in [-0.2, -0.15) is 0 Å². The number of carbonyl (C=O) groups excluding carboxylic acids is 3.